The Morgan fingerprint density at radius 1 is 1.50 bits per heavy atom. The van der Waals surface area contributed by atoms with E-state index in [1.165, 1.54) is 12.8 Å². The Morgan fingerprint density at radius 2 is 2.19 bits per heavy atom. The van der Waals surface area contributed by atoms with Gasteiger partial charge < -0.3 is 15.7 Å². The molecule has 3 atom stereocenters. The lowest BCUT2D eigenvalue weighted by atomic mass is 9.68. The third-order valence-electron chi connectivity index (χ3n) is 4.33. The van der Waals surface area contributed by atoms with Crippen LogP contribution in [0.25, 0.3) is 0 Å². The second-order valence-electron chi connectivity index (χ2n) is 6.30. The third kappa shape index (κ3) is 1.90. The lowest BCUT2D eigenvalue weighted by molar-refractivity contribution is 0.0985. The van der Waals surface area contributed by atoms with E-state index in [0.29, 0.717) is 6.04 Å². The fourth-order valence-corrected chi connectivity index (χ4v) is 3.32. The monoisotopic (exact) mass is 226 g/mol. The van der Waals surface area contributed by atoms with Crippen molar-refractivity contribution in [3.8, 4) is 0 Å². The molecule has 2 aliphatic heterocycles. The molecule has 3 N–H and O–H groups in total. The van der Waals surface area contributed by atoms with Gasteiger partial charge in [-0.15, -0.1) is 0 Å². The molecule has 2 saturated heterocycles. The number of fused-ring (bicyclic) bond motifs is 2. The predicted octanol–water partition coefficient (Wildman–Crippen LogP) is 1.95. The summed E-state index contributed by atoms with van der Waals surface area (Å²) in [6.45, 7) is 6.72. The summed E-state index contributed by atoms with van der Waals surface area (Å²) in [4.78, 5) is 10.7. The summed E-state index contributed by atoms with van der Waals surface area (Å²) < 4.78 is 0. The molecule has 0 unspecified atom stereocenters. The maximum Gasteiger partial charge on any atom is 0.404 e. The molecule has 0 aromatic carbocycles. The molecular formula is C12H22N2O2. The van der Waals surface area contributed by atoms with E-state index >= 15 is 0 Å². The molecule has 0 radical (unpaired) electrons. The molecule has 2 aliphatic rings. The van der Waals surface area contributed by atoms with Crippen LogP contribution in [-0.2, 0) is 0 Å². The second-order valence-corrected chi connectivity index (χ2v) is 6.30. The molecule has 0 aromatic rings. The minimum Gasteiger partial charge on any atom is -0.465 e. The maximum absolute atomic E-state index is 10.7. The maximum atomic E-state index is 10.7. The minimum atomic E-state index is -0.893. The average Bonchev–Trinajstić information content (AvgIpc) is 2.41. The van der Waals surface area contributed by atoms with Crippen molar-refractivity contribution in [1.82, 2.24) is 10.6 Å². The first-order valence-electron chi connectivity index (χ1n) is 6.10. The summed E-state index contributed by atoms with van der Waals surface area (Å²) in [7, 11) is 0. The standard InChI is InChI=1S/C12H22N2O2/c1-11(2,3)12-5-4-8(14-12)6-9(7-12)13-10(15)16/h8-9,13-14H,4-7H2,1-3H3,(H,15,16)/t8-,9+,12+/m0/s1. The highest BCUT2D eigenvalue weighted by Crippen LogP contribution is 2.46. The molecular weight excluding hydrogens is 204 g/mol. The number of rotatable bonds is 1. The molecule has 16 heavy (non-hydrogen) atoms. The van der Waals surface area contributed by atoms with Gasteiger partial charge in [-0.2, -0.15) is 0 Å². The molecule has 4 heteroatoms. The van der Waals surface area contributed by atoms with Crippen LogP contribution in [0.1, 0.15) is 46.5 Å². The Bertz CT molecular complexity index is 298. The zero-order chi connectivity index (χ0) is 12.0. The minimum absolute atomic E-state index is 0.114. The summed E-state index contributed by atoms with van der Waals surface area (Å²) in [5.74, 6) is 0. The largest absolute Gasteiger partial charge is 0.465 e. The number of piperidine rings is 1. The molecule has 2 rings (SSSR count). The normalized spacial score (nSPS) is 38.4. The first-order chi connectivity index (χ1) is 7.32. The van der Waals surface area contributed by atoms with Gasteiger partial charge >= 0.3 is 6.09 Å². The number of nitrogens with one attached hydrogen (secondary N) is 2. The van der Waals surface area contributed by atoms with Gasteiger partial charge in [0.1, 0.15) is 0 Å². The van der Waals surface area contributed by atoms with Gasteiger partial charge in [-0.25, -0.2) is 4.79 Å². The summed E-state index contributed by atoms with van der Waals surface area (Å²) in [5.41, 5.74) is 0.295. The van der Waals surface area contributed by atoms with Crippen LogP contribution in [0.4, 0.5) is 4.79 Å². The lowest BCUT2D eigenvalue weighted by Crippen LogP contribution is -2.60. The van der Waals surface area contributed by atoms with Crippen molar-refractivity contribution in [3.63, 3.8) is 0 Å². The summed E-state index contributed by atoms with van der Waals surface area (Å²) >= 11 is 0. The number of hydrogen-bond acceptors (Lipinski definition) is 2. The molecule has 2 fully saturated rings. The van der Waals surface area contributed by atoms with Gasteiger partial charge in [-0.3, -0.25) is 0 Å². The Hall–Kier alpha value is -0.770. The van der Waals surface area contributed by atoms with Crippen molar-refractivity contribution in [2.24, 2.45) is 5.41 Å². The average molecular weight is 226 g/mol. The van der Waals surface area contributed by atoms with Gasteiger partial charge in [0.25, 0.3) is 0 Å². The number of carboxylic acid groups (broad SMARTS) is 1. The molecule has 1 amide bonds. The zero-order valence-electron chi connectivity index (χ0n) is 10.3. The fourth-order valence-electron chi connectivity index (χ4n) is 3.32. The van der Waals surface area contributed by atoms with Crippen molar-refractivity contribution >= 4 is 6.09 Å². The summed E-state index contributed by atoms with van der Waals surface area (Å²) in [6, 6.07) is 0.607. The van der Waals surface area contributed by atoms with E-state index in [4.69, 9.17) is 5.11 Å². The van der Waals surface area contributed by atoms with Crippen LogP contribution in [-0.4, -0.2) is 28.8 Å². The van der Waals surface area contributed by atoms with E-state index in [9.17, 15) is 4.79 Å². The highest BCUT2D eigenvalue weighted by atomic mass is 16.4. The molecule has 92 valence electrons. The SMILES string of the molecule is CC(C)(C)[C@@]12CC[C@@H](C[C@@H](NC(=O)O)C1)N2. The van der Waals surface area contributed by atoms with Crippen molar-refractivity contribution in [3.05, 3.63) is 0 Å². The van der Waals surface area contributed by atoms with Gasteiger partial charge in [0.2, 0.25) is 0 Å². The van der Waals surface area contributed by atoms with Crippen molar-refractivity contribution in [2.45, 2.75) is 64.1 Å². The molecule has 0 saturated carbocycles. The lowest BCUT2D eigenvalue weighted by Gasteiger charge is -2.47. The summed E-state index contributed by atoms with van der Waals surface area (Å²) in [5, 5.41) is 15.2. The number of amides is 1. The van der Waals surface area contributed by atoms with Gasteiger partial charge in [-0.05, 0) is 31.1 Å². The first kappa shape index (κ1) is 11.7. The van der Waals surface area contributed by atoms with E-state index in [1.807, 2.05) is 0 Å². The van der Waals surface area contributed by atoms with Crippen molar-refractivity contribution < 1.29 is 9.90 Å². The van der Waals surface area contributed by atoms with Crippen LogP contribution in [0.3, 0.4) is 0 Å². The van der Waals surface area contributed by atoms with Gasteiger partial charge in [0, 0.05) is 17.6 Å². The van der Waals surface area contributed by atoms with Crippen LogP contribution < -0.4 is 10.6 Å². The van der Waals surface area contributed by atoms with E-state index < -0.39 is 6.09 Å². The Labute approximate surface area is 96.8 Å². The van der Waals surface area contributed by atoms with Gasteiger partial charge in [0.15, 0.2) is 0 Å². The number of carbonyl (C=O) groups is 1. The van der Waals surface area contributed by atoms with E-state index in [-0.39, 0.29) is 17.0 Å². The van der Waals surface area contributed by atoms with Crippen LogP contribution in [0.2, 0.25) is 0 Å². The molecule has 2 bridgehead atoms. The van der Waals surface area contributed by atoms with E-state index in [2.05, 4.69) is 31.4 Å². The van der Waals surface area contributed by atoms with E-state index in [1.54, 1.807) is 0 Å². The van der Waals surface area contributed by atoms with Crippen LogP contribution in [0, 0.1) is 5.41 Å². The molecule has 0 aliphatic carbocycles. The first-order valence-corrected chi connectivity index (χ1v) is 6.10. The highest BCUT2D eigenvalue weighted by molar-refractivity contribution is 5.64. The molecule has 0 aromatic heterocycles. The van der Waals surface area contributed by atoms with Gasteiger partial charge in [-0.1, -0.05) is 20.8 Å². The second kappa shape index (κ2) is 3.62. The van der Waals surface area contributed by atoms with Crippen LogP contribution >= 0.6 is 0 Å². The fraction of sp³-hybridized carbons (Fsp3) is 0.917. The van der Waals surface area contributed by atoms with Crippen LogP contribution in [0.5, 0.6) is 0 Å². The molecule has 2 heterocycles. The van der Waals surface area contributed by atoms with Crippen LogP contribution in [0.15, 0.2) is 0 Å². The molecule has 0 spiro atoms. The Kier molecular flexibility index (Phi) is 2.65. The Morgan fingerprint density at radius 3 is 2.75 bits per heavy atom. The predicted molar refractivity (Wildman–Crippen MR) is 62.5 cm³/mol. The topological polar surface area (TPSA) is 61.4 Å². The van der Waals surface area contributed by atoms with Crippen molar-refractivity contribution in [1.29, 1.82) is 0 Å². The third-order valence-corrected chi connectivity index (χ3v) is 4.33. The zero-order valence-corrected chi connectivity index (χ0v) is 10.3. The summed E-state index contributed by atoms with van der Waals surface area (Å²) in [6.07, 6.45) is 3.30. The van der Waals surface area contributed by atoms with E-state index in [0.717, 1.165) is 12.8 Å². The highest BCUT2D eigenvalue weighted by Gasteiger charge is 2.51. The smallest absolute Gasteiger partial charge is 0.404 e. The van der Waals surface area contributed by atoms with Crippen molar-refractivity contribution in [2.75, 3.05) is 0 Å². The Balaban J connectivity index is 2.13. The van der Waals surface area contributed by atoms with Gasteiger partial charge in [0.05, 0.1) is 0 Å². The number of hydrogen-bond donors (Lipinski definition) is 3. The molecule has 4 nitrogen and oxygen atoms in total. The quantitative estimate of drug-likeness (QED) is 0.640.